The summed E-state index contributed by atoms with van der Waals surface area (Å²) in [5, 5.41) is 12.3. The van der Waals surface area contributed by atoms with Gasteiger partial charge in [-0.15, -0.1) is 0 Å². The lowest BCUT2D eigenvalue weighted by Gasteiger charge is -2.35. The number of piperazine rings is 1. The third kappa shape index (κ3) is 6.91. The number of fused-ring (bicyclic) bond motifs is 1. The lowest BCUT2D eigenvalue weighted by molar-refractivity contribution is -0.139. The zero-order valence-electron chi connectivity index (χ0n) is 23.2. The first-order valence-corrected chi connectivity index (χ1v) is 14.8. The number of nitrogens with one attached hydrogen (secondary N) is 1. The Labute approximate surface area is 248 Å². The first kappa shape index (κ1) is 29.9. The third-order valence-corrected chi connectivity index (χ3v) is 8.50. The van der Waals surface area contributed by atoms with Crippen molar-refractivity contribution in [3.8, 4) is 22.5 Å². The molecule has 6 rings (SSSR count). The van der Waals surface area contributed by atoms with Crippen LogP contribution in [0.25, 0.3) is 22.5 Å². The van der Waals surface area contributed by atoms with Crippen molar-refractivity contribution in [2.24, 2.45) is 0 Å². The highest BCUT2D eigenvalue weighted by molar-refractivity contribution is 7.86. The smallest absolute Gasteiger partial charge is 0.416 e. The third-order valence-electron chi connectivity index (χ3n) is 7.08. The lowest BCUT2D eigenvalue weighted by atomic mass is 10.1. The maximum absolute atomic E-state index is 13.0. The van der Waals surface area contributed by atoms with Gasteiger partial charge in [-0.05, 0) is 48.4 Å². The number of pyridine rings is 1. The highest BCUT2D eigenvalue weighted by Gasteiger charge is 2.39. The summed E-state index contributed by atoms with van der Waals surface area (Å²) in [7, 11) is -1.86. The van der Waals surface area contributed by atoms with Gasteiger partial charge in [-0.25, -0.2) is 9.78 Å². The van der Waals surface area contributed by atoms with Crippen LogP contribution in [0.3, 0.4) is 0 Å². The van der Waals surface area contributed by atoms with Gasteiger partial charge >= 0.3 is 12.1 Å². The van der Waals surface area contributed by atoms with Crippen molar-refractivity contribution in [3.63, 3.8) is 0 Å². The molecule has 2 atom stereocenters. The molecule has 2 aliphatic carbocycles. The Balaban J connectivity index is 0.000000537. The molecule has 1 saturated heterocycles. The van der Waals surface area contributed by atoms with Crippen LogP contribution in [0, 0.1) is 0 Å². The number of aromatic nitrogens is 4. The molecule has 0 spiro atoms. The van der Waals surface area contributed by atoms with E-state index in [1.54, 1.807) is 6.20 Å². The van der Waals surface area contributed by atoms with Gasteiger partial charge in [0.1, 0.15) is 5.82 Å². The van der Waals surface area contributed by atoms with Gasteiger partial charge in [-0.3, -0.25) is 4.21 Å². The van der Waals surface area contributed by atoms with Crippen LogP contribution < -0.4 is 15.1 Å². The predicted molar refractivity (Wildman–Crippen MR) is 158 cm³/mol. The molecule has 1 aromatic carbocycles. The van der Waals surface area contributed by atoms with E-state index in [1.807, 2.05) is 23.1 Å². The number of anilines is 3. The van der Waals surface area contributed by atoms with Crippen LogP contribution in [-0.2, 0) is 21.8 Å². The number of hydrogen-bond donors (Lipinski definition) is 2. The molecule has 0 radical (unpaired) electrons. The van der Waals surface area contributed by atoms with Crippen molar-refractivity contribution >= 4 is 34.5 Å². The van der Waals surface area contributed by atoms with Gasteiger partial charge in [0, 0.05) is 44.2 Å². The van der Waals surface area contributed by atoms with Crippen LogP contribution in [0.4, 0.5) is 30.9 Å². The minimum absolute atomic E-state index is 0.0444. The predicted octanol–water partition coefficient (Wildman–Crippen LogP) is 4.54. The van der Waals surface area contributed by atoms with Gasteiger partial charge in [0.15, 0.2) is 5.82 Å². The first-order valence-electron chi connectivity index (χ1n) is 13.2. The highest BCUT2D eigenvalue weighted by Crippen LogP contribution is 2.33. The molecule has 0 bridgehead atoms. The van der Waals surface area contributed by atoms with Crippen molar-refractivity contribution in [3.05, 3.63) is 78.5 Å². The highest BCUT2D eigenvalue weighted by atomic mass is 32.2. The lowest BCUT2D eigenvalue weighted by Crippen LogP contribution is -2.48. The topological polar surface area (TPSA) is 124 Å². The van der Waals surface area contributed by atoms with Gasteiger partial charge in [0.25, 0.3) is 0 Å². The summed E-state index contributed by atoms with van der Waals surface area (Å²) in [6.45, 7) is 3.45. The number of alkyl halides is 3. The van der Waals surface area contributed by atoms with E-state index in [4.69, 9.17) is 0 Å². The molecule has 2 aromatic heterocycles. The Bertz CT molecular complexity index is 1600. The fraction of sp³-hybridized carbons (Fsp3) is 0.276. The molecule has 2 N–H and O–H groups in total. The summed E-state index contributed by atoms with van der Waals surface area (Å²) in [5.41, 5.74) is 2.31. The van der Waals surface area contributed by atoms with Crippen LogP contribution in [-0.4, -0.2) is 72.5 Å². The SMILES string of the molecule is CS(=O)C(C)(Nc1nc(-c2ccc(C(F)(F)F)cc2)nc(N2CCN(c3ccccn3)CC2)n1)C(=O)O.c1cc2cc-2c1. The molecule has 10 nitrogen and oxygen atoms in total. The average Bonchev–Trinajstić information content (AvgIpc) is 3.60. The minimum atomic E-state index is -4.50. The second-order valence-corrected chi connectivity index (χ2v) is 11.7. The van der Waals surface area contributed by atoms with Crippen LogP contribution in [0.1, 0.15) is 12.5 Å². The van der Waals surface area contributed by atoms with E-state index in [0.717, 1.165) is 18.0 Å². The Kier molecular flexibility index (Phi) is 8.31. The van der Waals surface area contributed by atoms with Gasteiger partial charge in [0.05, 0.1) is 16.4 Å². The van der Waals surface area contributed by atoms with Gasteiger partial charge < -0.3 is 20.2 Å². The Morgan fingerprint density at radius 1 is 0.884 bits per heavy atom. The van der Waals surface area contributed by atoms with Crippen LogP contribution in [0.15, 0.2) is 72.9 Å². The van der Waals surface area contributed by atoms with Crippen molar-refractivity contribution in [1.29, 1.82) is 0 Å². The second-order valence-electron chi connectivity index (χ2n) is 10.0. The maximum Gasteiger partial charge on any atom is 0.416 e. The van der Waals surface area contributed by atoms with Crippen molar-refractivity contribution in [2.45, 2.75) is 18.0 Å². The van der Waals surface area contributed by atoms with Crippen molar-refractivity contribution in [2.75, 3.05) is 47.6 Å². The average molecular weight is 612 g/mol. The standard InChI is InChI=1S/C23H24F3N7O3S.C6H4/c1-22(19(34)35,37(2)36)31-20-28-18(15-6-8-16(9-7-15)23(24,25)26)29-21(30-20)33-13-11-32(12-14-33)17-5-3-4-10-27-17;1-2-5-4-6(5)3-1/h3-10H,11-14H2,1-2H3,(H,34,35)(H,28,29,30,31);1-4H. The van der Waals surface area contributed by atoms with E-state index < -0.39 is 33.4 Å². The van der Waals surface area contributed by atoms with Crippen molar-refractivity contribution < 1.29 is 27.3 Å². The van der Waals surface area contributed by atoms with E-state index in [1.165, 1.54) is 36.4 Å². The fourth-order valence-corrected chi connectivity index (χ4v) is 4.79. The summed E-state index contributed by atoms with van der Waals surface area (Å²) in [4.78, 5) is 31.3. The summed E-state index contributed by atoms with van der Waals surface area (Å²) in [6, 6.07) is 18.4. The van der Waals surface area contributed by atoms with E-state index >= 15 is 0 Å². The van der Waals surface area contributed by atoms with Crippen LogP contribution in [0.2, 0.25) is 0 Å². The Morgan fingerprint density at radius 3 is 2.02 bits per heavy atom. The molecule has 0 saturated carbocycles. The largest absolute Gasteiger partial charge is 0.479 e. The van der Waals surface area contributed by atoms with Gasteiger partial charge in [0.2, 0.25) is 16.8 Å². The summed E-state index contributed by atoms with van der Waals surface area (Å²) < 4.78 is 51.3. The van der Waals surface area contributed by atoms with Crippen molar-refractivity contribution in [1.82, 2.24) is 19.9 Å². The van der Waals surface area contributed by atoms with Crippen LogP contribution >= 0.6 is 0 Å². The van der Waals surface area contributed by atoms with E-state index in [0.29, 0.717) is 26.2 Å². The number of carbonyl (C=O) groups is 1. The van der Waals surface area contributed by atoms with Crippen LogP contribution in [0.5, 0.6) is 0 Å². The molecule has 3 heterocycles. The van der Waals surface area contributed by atoms with Gasteiger partial charge in [-0.1, -0.05) is 36.4 Å². The summed E-state index contributed by atoms with van der Waals surface area (Å²) in [6.07, 6.45) is -1.56. The number of carboxylic acids is 1. The number of benzene rings is 2. The minimum Gasteiger partial charge on any atom is -0.479 e. The molecule has 3 aromatic rings. The molecular weight excluding hydrogens is 583 g/mol. The second kappa shape index (κ2) is 12.0. The van der Waals surface area contributed by atoms with Gasteiger partial charge in [-0.2, -0.15) is 28.1 Å². The summed E-state index contributed by atoms with van der Waals surface area (Å²) in [5.74, 6) is -0.457. The molecule has 224 valence electrons. The molecule has 43 heavy (non-hydrogen) atoms. The molecular formula is C29H28F3N7O3S. The molecule has 1 aliphatic heterocycles. The number of hydrogen-bond acceptors (Lipinski definition) is 9. The number of nitrogens with zero attached hydrogens (tertiary/aromatic N) is 6. The Morgan fingerprint density at radius 2 is 1.53 bits per heavy atom. The van der Waals surface area contributed by atoms with E-state index in [-0.39, 0.29) is 23.3 Å². The summed E-state index contributed by atoms with van der Waals surface area (Å²) >= 11 is 0. The number of halogens is 3. The maximum atomic E-state index is 13.0. The zero-order chi connectivity index (χ0) is 30.8. The van der Waals surface area contributed by atoms with E-state index in [2.05, 4.69) is 54.4 Å². The normalized spacial score (nSPS) is 15.9. The number of rotatable bonds is 7. The Hall–Kier alpha value is -4.59. The quantitative estimate of drug-likeness (QED) is 0.271. The molecule has 1 fully saturated rings. The first-order chi connectivity index (χ1) is 20.4. The molecule has 3 aliphatic rings. The molecule has 2 unspecified atom stereocenters. The number of carboxylic acid groups (broad SMARTS) is 1. The fourth-order valence-electron chi connectivity index (χ4n) is 4.31. The van der Waals surface area contributed by atoms with E-state index in [9.17, 15) is 27.3 Å². The zero-order valence-corrected chi connectivity index (χ0v) is 24.1. The number of aliphatic carboxylic acids is 1. The molecule has 0 amide bonds. The monoisotopic (exact) mass is 611 g/mol. The molecule has 14 heteroatoms.